The fourth-order valence-electron chi connectivity index (χ4n) is 4.27. The first kappa shape index (κ1) is 18.2. The Morgan fingerprint density at radius 1 is 1.04 bits per heavy atom. The molecule has 3 fully saturated rings. The van der Waals surface area contributed by atoms with Crippen LogP contribution in [0, 0.1) is 5.92 Å². The van der Waals surface area contributed by atoms with Crippen molar-refractivity contribution in [3.05, 3.63) is 0 Å². The first-order chi connectivity index (χ1) is 11.7. The SMILES string of the molecule is C[C@@H]1CCCC[C@@H]1NC(=O)CN1CCC(OC2CCOCC2)CC1. The molecule has 0 aromatic rings. The summed E-state index contributed by atoms with van der Waals surface area (Å²) in [4.78, 5) is 14.6. The average molecular weight is 338 g/mol. The van der Waals surface area contributed by atoms with Crippen LogP contribution in [-0.4, -0.2) is 61.9 Å². The van der Waals surface area contributed by atoms with E-state index in [1.54, 1.807) is 0 Å². The van der Waals surface area contributed by atoms with Crippen LogP contribution in [0.5, 0.6) is 0 Å². The zero-order chi connectivity index (χ0) is 16.8. The molecule has 138 valence electrons. The van der Waals surface area contributed by atoms with Gasteiger partial charge in [0.2, 0.25) is 5.91 Å². The van der Waals surface area contributed by atoms with Crippen LogP contribution in [0.1, 0.15) is 58.3 Å². The Labute approximate surface area is 146 Å². The molecule has 1 saturated carbocycles. The van der Waals surface area contributed by atoms with Crippen molar-refractivity contribution in [3.8, 4) is 0 Å². The molecular weight excluding hydrogens is 304 g/mol. The summed E-state index contributed by atoms with van der Waals surface area (Å²) in [6.45, 7) is 6.44. The lowest BCUT2D eigenvalue weighted by Gasteiger charge is -2.35. The van der Waals surface area contributed by atoms with Gasteiger partial charge < -0.3 is 14.8 Å². The van der Waals surface area contributed by atoms with E-state index in [9.17, 15) is 4.79 Å². The van der Waals surface area contributed by atoms with E-state index in [1.807, 2.05) is 0 Å². The van der Waals surface area contributed by atoms with Crippen molar-refractivity contribution >= 4 is 5.91 Å². The molecule has 5 heteroatoms. The molecule has 0 radical (unpaired) electrons. The first-order valence-corrected chi connectivity index (χ1v) is 9.95. The van der Waals surface area contributed by atoms with Crippen LogP contribution in [0.3, 0.4) is 0 Å². The van der Waals surface area contributed by atoms with Crippen molar-refractivity contribution in [1.82, 2.24) is 10.2 Å². The third kappa shape index (κ3) is 5.43. The number of amides is 1. The fourth-order valence-corrected chi connectivity index (χ4v) is 4.27. The second kappa shape index (κ2) is 9.16. The molecule has 0 bridgehead atoms. The number of hydrogen-bond acceptors (Lipinski definition) is 4. The highest BCUT2D eigenvalue weighted by Crippen LogP contribution is 2.24. The molecule has 1 N–H and O–H groups in total. The third-order valence-electron chi connectivity index (χ3n) is 5.91. The van der Waals surface area contributed by atoms with Crippen LogP contribution >= 0.6 is 0 Å². The summed E-state index contributed by atoms with van der Waals surface area (Å²) in [6, 6.07) is 0.389. The topological polar surface area (TPSA) is 50.8 Å². The van der Waals surface area contributed by atoms with Crippen molar-refractivity contribution in [2.24, 2.45) is 5.92 Å². The van der Waals surface area contributed by atoms with Crippen molar-refractivity contribution in [1.29, 1.82) is 0 Å². The molecule has 2 saturated heterocycles. The van der Waals surface area contributed by atoms with E-state index in [2.05, 4.69) is 17.1 Å². The average Bonchev–Trinajstić information content (AvgIpc) is 2.60. The van der Waals surface area contributed by atoms with Gasteiger partial charge in [-0.2, -0.15) is 0 Å². The van der Waals surface area contributed by atoms with Gasteiger partial charge in [0.15, 0.2) is 0 Å². The van der Waals surface area contributed by atoms with Gasteiger partial charge >= 0.3 is 0 Å². The first-order valence-electron chi connectivity index (χ1n) is 9.95. The summed E-state index contributed by atoms with van der Waals surface area (Å²) in [6.07, 6.45) is 9.86. The molecule has 24 heavy (non-hydrogen) atoms. The normalized spacial score (nSPS) is 31.0. The molecule has 2 atom stereocenters. The van der Waals surface area contributed by atoms with Gasteiger partial charge in [-0.3, -0.25) is 9.69 Å². The van der Waals surface area contributed by atoms with Gasteiger partial charge in [-0.15, -0.1) is 0 Å². The Kier molecular flexibility index (Phi) is 6.93. The molecule has 3 aliphatic rings. The van der Waals surface area contributed by atoms with Gasteiger partial charge in [0.1, 0.15) is 0 Å². The molecule has 1 amide bonds. The van der Waals surface area contributed by atoms with Gasteiger partial charge in [-0.25, -0.2) is 0 Å². The van der Waals surface area contributed by atoms with Crippen molar-refractivity contribution < 1.29 is 14.3 Å². The molecule has 0 aromatic carbocycles. The van der Waals surface area contributed by atoms with Crippen LogP contribution in [0.4, 0.5) is 0 Å². The predicted molar refractivity (Wildman–Crippen MR) is 94.0 cm³/mol. The summed E-state index contributed by atoms with van der Waals surface area (Å²) in [5.74, 6) is 0.832. The quantitative estimate of drug-likeness (QED) is 0.836. The maximum atomic E-state index is 12.3. The van der Waals surface area contributed by atoms with E-state index < -0.39 is 0 Å². The Morgan fingerprint density at radius 3 is 2.42 bits per heavy atom. The molecule has 0 aromatic heterocycles. The Balaban J connectivity index is 1.33. The van der Waals surface area contributed by atoms with Gasteiger partial charge in [-0.1, -0.05) is 19.8 Å². The van der Waals surface area contributed by atoms with E-state index >= 15 is 0 Å². The number of hydrogen-bond donors (Lipinski definition) is 1. The molecule has 3 rings (SSSR count). The maximum Gasteiger partial charge on any atom is 0.234 e. The number of nitrogens with one attached hydrogen (secondary N) is 1. The second-order valence-electron chi connectivity index (χ2n) is 7.86. The number of piperidine rings is 1. The summed E-state index contributed by atoms with van der Waals surface area (Å²) >= 11 is 0. The largest absolute Gasteiger partial charge is 0.381 e. The Bertz CT molecular complexity index is 390. The second-order valence-corrected chi connectivity index (χ2v) is 7.86. The monoisotopic (exact) mass is 338 g/mol. The molecule has 0 spiro atoms. The number of nitrogens with zero attached hydrogens (tertiary/aromatic N) is 1. The molecular formula is C19H34N2O3. The van der Waals surface area contributed by atoms with Crippen molar-refractivity contribution in [3.63, 3.8) is 0 Å². The third-order valence-corrected chi connectivity index (χ3v) is 5.91. The van der Waals surface area contributed by atoms with Gasteiger partial charge in [0.05, 0.1) is 18.8 Å². The number of carbonyl (C=O) groups is 1. The lowest BCUT2D eigenvalue weighted by molar-refractivity contribution is -0.125. The molecule has 0 unspecified atom stereocenters. The van der Waals surface area contributed by atoms with E-state index in [4.69, 9.17) is 9.47 Å². The summed E-state index contributed by atoms with van der Waals surface area (Å²) < 4.78 is 11.6. The lowest BCUT2D eigenvalue weighted by atomic mass is 9.86. The molecule has 2 aliphatic heterocycles. The van der Waals surface area contributed by atoms with Crippen molar-refractivity contribution in [2.75, 3.05) is 32.8 Å². The smallest absolute Gasteiger partial charge is 0.234 e. The Morgan fingerprint density at radius 2 is 1.71 bits per heavy atom. The van der Waals surface area contributed by atoms with Crippen LogP contribution in [0.2, 0.25) is 0 Å². The zero-order valence-corrected chi connectivity index (χ0v) is 15.2. The highest BCUT2D eigenvalue weighted by Gasteiger charge is 2.27. The zero-order valence-electron chi connectivity index (χ0n) is 15.2. The minimum Gasteiger partial charge on any atom is -0.381 e. The fraction of sp³-hybridized carbons (Fsp3) is 0.947. The van der Waals surface area contributed by atoms with Gasteiger partial charge in [0, 0.05) is 32.3 Å². The van der Waals surface area contributed by atoms with E-state index in [0.717, 1.165) is 58.4 Å². The summed E-state index contributed by atoms with van der Waals surface area (Å²) in [7, 11) is 0. The molecule has 1 aliphatic carbocycles. The van der Waals surface area contributed by atoms with E-state index in [1.165, 1.54) is 19.3 Å². The van der Waals surface area contributed by atoms with E-state index in [-0.39, 0.29) is 5.91 Å². The number of carbonyl (C=O) groups excluding carboxylic acids is 1. The minimum atomic E-state index is 0.206. The van der Waals surface area contributed by atoms with Crippen LogP contribution < -0.4 is 5.32 Å². The van der Waals surface area contributed by atoms with Crippen LogP contribution in [0.15, 0.2) is 0 Å². The van der Waals surface area contributed by atoms with Crippen LogP contribution in [-0.2, 0) is 14.3 Å². The van der Waals surface area contributed by atoms with Gasteiger partial charge in [-0.05, 0) is 44.4 Å². The molecule has 2 heterocycles. The van der Waals surface area contributed by atoms with Crippen LogP contribution in [0.25, 0.3) is 0 Å². The van der Waals surface area contributed by atoms with E-state index in [0.29, 0.717) is 30.7 Å². The number of ether oxygens (including phenoxy) is 2. The lowest BCUT2D eigenvalue weighted by Crippen LogP contribution is -2.48. The Hall–Kier alpha value is -0.650. The van der Waals surface area contributed by atoms with Gasteiger partial charge in [0.25, 0.3) is 0 Å². The maximum absolute atomic E-state index is 12.3. The highest BCUT2D eigenvalue weighted by atomic mass is 16.5. The standard InChI is InChI=1S/C19H34N2O3/c1-15-4-2-3-5-18(15)20-19(22)14-21-10-6-16(7-11-21)24-17-8-12-23-13-9-17/h15-18H,2-14H2,1H3,(H,20,22)/t15-,18+/m1/s1. The molecule has 5 nitrogen and oxygen atoms in total. The minimum absolute atomic E-state index is 0.206. The number of likely N-dealkylation sites (tertiary alicyclic amines) is 1. The van der Waals surface area contributed by atoms with Crippen molar-refractivity contribution in [2.45, 2.75) is 76.5 Å². The summed E-state index contributed by atoms with van der Waals surface area (Å²) in [5.41, 5.74) is 0. The highest BCUT2D eigenvalue weighted by molar-refractivity contribution is 5.78. The number of rotatable bonds is 5. The summed E-state index contributed by atoms with van der Waals surface area (Å²) in [5, 5.41) is 3.27. The predicted octanol–water partition coefficient (Wildman–Crippen LogP) is 2.34.